The number of thioether (sulfide) groups is 1. The molecular weight excluding hydrogens is 342 g/mol. The van der Waals surface area contributed by atoms with Gasteiger partial charge in [0.2, 0.25) is 0 Å². The van der Waals surface area contributed by atoms with Gasteiger partial charge in [-0.1, -0.05) is 18.2 Å². The minimum Gasteiger partial charge on any atom is -0.477 e. The number of hydrogen-bond acceptors (Lipinski definition) is 6. The number of anilines is 1. The minimum atomic E-state index is -0.548. The second kappa shape index (κ2) is 8.70. The Morgan fingerprint density at radius 2 is 2.12 bits per heavy atom. The number of nitro benzene ring substituents is 1. The molecular formula is C17H15N3O4S. The first-order valence-corrected chi connectivity index (χ1v) is 8.26. The molecule has 0 aliphatic rings. The molecule has 0 radical (unpaired) electrons. The summed E-state index contributed by atoms with van der Waals surface area (Å²) in [4.78, 5) is 23.3. The predicted octanol–water partition coefficient (Wildman–Crippen LogP) is 3.54. The predicted molar refractivity (Wildman–Crippen MR) is 94.7 cm³/mol. The summed E-state index contributed by atoms with van der Waals surface area (Å²) in [6.07, 6.45) is 0. The Hall–Kier alpha value is -3.05. The average molecular weight is 357 g/mol. The molecule has 8 heteroatoms. The Kier molecular flexibility index (Phi) is 6.37. The number of rotatable bonds is 7. The highest BCUT2D eigenvalue weighted by atomic mass is 32.2. The van der Waals surface area contributed by atoms with E-state index in [-0.39, 0.29) is 23.8 Å². The average Bonchev–Trinajstić information content (AvgIpc) is 2.59. The monoisotopic (exact) mass is 357 g/mol. The molecule has 25 heavy (non-hydrogen) atoms. The van der Waals surface area contributed by atoms with Crippen LogP contribution < -0.4 is 10.1 Å². The SMILES string of the molecule is Cc1ccc(OCC(=O)Nc2ccccc2SCC#N)c([N+](=O)[O-])c1. The molecule has 0 fully saturated rings. The maximum absolute atomic E-state index is 12.1. The smallest absolute Gasteiger partial charge is 0.311 e. The number of nitrogens with one attached hydrogen (secondary N) is 1. The lowest BCUT2D eigenvalue weighted by Gasteiger charge is -2.11. The summed E-state index contributed by atoms with van der Waals surface area (Å²) < 4.78 is 5.30. The van der Waals surface area contributed by atoms with Crippen LogP contribution in [-0.2, 0) is 4.79 Å². The van der Waals surface area contributed by atoms with E-state index in [4.69, 9.17) is 10.00 Å². The molecule has 0 bridgehead atoms. The van der Waals surface area contributed by atoms with E-state index in [1.807, 2.05) is 12.1 Å². The molecule has 2 aromatic rings. The summed E-state index contributed by atoms with van der Waals surface area (Å²) in [7, 11) is 0. The van der Waals surface area contributed by atoms with Crippen LogP contribution in [0.1, 0.15) is 5.56 Å². The number of nitro groups is 1. The molecule has 0 spiro atoms. The maximum Gasteiger partial charge on any atom is 0.311 e. The second-order valence-corrected chi connectivity index (χ2v) is 6.03. The first-order chi connectivity index (χ1) is 12.0. The van der Waals surface area contributed by atoms with E-state index in [9.17, 15) is 14.9 Å². The van der Waals surface area contributed by atoms with Gasteiger partial charge >= 0.3 is 5.69 Å². The summed E-state index contributed by atoms with van der Waals surface area (Å²) in [5.74, 6) is -0.142. The van der Waals surface area contributed by atoms with Crippen molar-refractivity contribution < 1.29 is 14.5 Å². The van der Waals surface area contributed by atoms with Gasteiger partial charge in [-0.15, -0.1) is 11.8 Å². The maximum atomic E-state index is 12.1. The number of benzene rings is 2. The van der Waals surface area contributed by atoms with Gasteiger partial charge in [-0.25, -0.2) is 0 Å². The van der Waals surface area contributed by atoms with Crippen molar-refractivity contribution in [2.75, 3.05) is 17.7 Å². The third kappa shape index (κ3) is 5.22. The molecule has 0 atom stereocenters. The Morgan fingerprint density at radius 1 is 1.36 bits per heavy atom. The number of amides is 1. The van der Waals surface area contributed by atoms with Crippen LogP contribution in [0.25, 0.3) is 0 Å². The number of para-hydroxylation sites is 1. The van der Waals surface area contributed by atoms with Crippen molar-refractivity contribution in [3.8, 4) is 11.8 Å². The second-order valence-electron chi connectivity index (χ2n) is 5.01. The Morgan fingerprint density at radius 3 is 2.84 bits per heavy atom. The van der Waals surface area contributed by atoms with Crippen LogP contribution in [0.5, 0.6) is 5.75 Å². The van der Waals surface area contributed by atoms with Crippen molar-refractivity contribution in [2.45, 2.75) is 11.8 Å². The van der Waals surface area contributed by atoms with Gasteiger partial charge in [-0.2, -0.15) is 5.26 Å². The van der Waals surface area contributed by atoms with Crippen LogP contribution in [0, 0.1) is 28.4 Å². The fourth-order valence-electron chi connectivity index (χ4n) is 2.03. The number of aryl methyl sites for hydroxylation is 1. The summed E-state index contributed by atoms with van der Waals surface area (Å²) >= 11 is 1.31. The molecule has 1 N–H and O–H groups in total. The van der Waals surface area contributed by atoms with Gasteiger partial charge in [-0.3, -0.25) is 14.9 Å². The zero-order chi connectivity index (χ0) is 18.2. The molecule has 2 rings (SSSR count). The third-order valence-electron chi connectivity index (χ3n) is 3.12. The van der Waals surface area contributed by atoms with E-state index in [0.29, 0.717) is 5.69 Å². The third-order valence-corrected chi connectivity index (χ3v) is 4.06. The van der Waals surface area contributed by atoms with E-state index in [2.05, 4.69) is 5.32 Å². The Labute approximate surface area is 148 Å². The van der Waals surface area contributed by atoms with E-state index >= 15 is 0 Å². The van der Waals surface area contributed by atoms with E-state index in [0.717, 1.165) is 10.5 Å². The number of nitrogens with zero attached hydrogens (tertiary/aromatic N) is 2. The number of carbonyl (C=O) groups excluding carboxylic acids is 1. The van der Waals surface area contributed by atoms with Crippen molar-refractivity contribution in [1.82, 2.24) is 0 Å². The highest BCUT2D eigenvalue weighted by Gasteiger charge is 2.16. The number of carbonyl (C=O) groups is 1. The van der Waals surface area contributed by atoms with E-state index in [1.165, 1.54) is 23.9 Å². The molecule has 0 unspecified atom stereocenters. The minimum absolute atomic E-state index is 0.0397. The zero-order valence-corrected chi connectivity index (χ0v) is 14.2. The van der Waals surface area contributed by atoms with Crippen LogP contribution in [0.15, 0.2) is 47.4 Å². The topological polar surface area (TPSA) is 105 Å². The van der Waals surface area contributed by atoms with Crippen LogP contribution >= 0.6 is 11.8 Å². The first-order valence-electron chi connectivity index (χ1n) is 7.27. The fourth-order valence-corrected chi connectivity index (χ4v) is 2.70. The van der Waals surface area contributed by atoms with Gasteiger partial charge in [0.05, 0.1) is 22.4 Å². The summed E-state index contributed by atoms with van der Waals surface area (Å²) in [5, 5.41) is 22.4. The van der Waals surface area contributed by atoms with Crippen LogP contribution in [0.4, 0.5) is 11.4 Å². The molecule has 0 aliphatic heterocycles. The van der Waals surface area contributed by atoms with Crippen LogP contribution in [-0.4, -0.2) is 23.2 Å². The molecule has 0 saturated carbocycles. The molecule has 128 valence electrons. The number of nitriles is 1. The van der Waals surface area contributed by atoms with Crippen LogP contribution in [0.2, 0.25) is 0 Å². The summed E-state index contributed by atoms with van der Waals surface area (Å²) in [5.41, 5.74) is 1.11. The van der Waals surface area contributed by atoms with Crippen molar-refractivity contribution in [3.05, 3.63) is 58.1 Å². The molecule has 0 saturated heterocycles. The first kappa shape index (κ1) is 18.3. The molecule has 0 aliphatic carbocycles. The van der Waals surface area contributed by atoms with Crippen molar-refractivity contribution in [1.29, 1.82) is 5.26 Å². The highest BCUT2D eigenvalue weighted by Crippen LogP contribution is 2.28. The van der Waals surface area contributed by atoms with E-state index in [1.54, 1.807) is 31.2 Å². The Bertz CT molecular complexity index is 833. The molecule has 1 amide bonds. The van der Waals surface area contributed by atoms with E-state index < -0.39 is 10.8 Å². The lowest BCUT2D eigenvalue weighted by Crippen LogP contribution is -2.20. The number of ether oxygens (including phenoxy) is 1. The highest BCUT2D eigenvalue weighted by molar-refractivity contribution is 7.99. The van der Waals surface area contributed by atoms with Crippen LogP contribution in [0.3, 0.4) is 0 Å². The summed E-state index contributed by atoms with van der Waals surface area (Å²) in [6, 6.07) is 13.6. The lowest BCUT2D eigenvalue weighted by molar-refractivity contribution is -0.385. The quantitative estimate of drug-likeness (QED) is 0.461. The Balaban J connectivity index is 2.03. The van der Waals surface area contributed by atoms with Crippen molar-refractivity contribution in [2.24, 2.45) is 0 Å². The van der Waals surface area contributed by atoms with Gasteiger partial charge in [0.15, 0.2) is 12.4 Å². The standard InChI is InChI=1S/C17H15N3O4S/c1-12-6-7-15(14(10-12)20(22)23)24-11-17(21)19-13-4-2-3-5-16(13)25-9-8-18/h2-7,10H,9,11H2,1H3,(H,19,21). The molecule has 2 aromatic carbocycles. The zero-order valence-electron chi connectivity index (χ0n) is 13.4. The van der Waals surface area contributed by atoms with Gasteiger partial charge in [0.25, 0.3) is 5.91 Å². The lowest BCUT2D eigenvalue weighted by atomic mass is 10.2. The fraction of sp³-hybridized carbons (Fsp3) is 0.176. The van der Waals surface area contributed by atoms with Crippen molar-refractivity contribution in [3.63, 3.8) is 0 Å². The van der Waals surface area contributed by atoms with Gasteiger partial charge in [0, 0.05) is 11.0 Å². The van der Waals surface area contributed by atoms with Gasteiger partial charge in [0.1, 0.15) is 0 Å². The molecule has 0 heterocycles. The normalized spacial score (nSPS) is 9.92. The van der Waals surface area contributed by atoms with Crippen molar-refractivity contribution >= 4 is 29.0 Å². The number of hydrogen-bond donors (Lipinski definition) is 1. The molecule has 0 aromatic heterocycles. The largest absolute Gasteiger partial charge is 0.477 e. The van der Waals surface area contributed by atoms with Gasteiger partial charge in [-0.05, 0) is 30.7 Å². The summed E-state index contributed by atoms with van der Waals surface area (Å²) in [6.45, 7) is 1.38. The molecule has 7 nitrogen and oxygen atoms in total. The van der Waals surface area contributed by atoms with Gasteiger partial charge < -0.3 is 10.1 Å².